The van der Waals surface area contributed by atoms with Gasteiger partial charge in [-0.3, -0.25) is 4.79 Å². The molecule has 22 heavy (non-hydrogen) atoms. The number of carbonyl (C=O) groups excluding carboxylic acids is 2. The molecule has 7 heteroatoms. The van der Waals surface area contributed by atoms with Crippen LogP contribution in [-0.2, 0) is 14.3 Å². The van der Waals surface area contributed by atoms with Crippen LogP contribution < -0.4 is 10.6 Å². The van der Waals surface area contributed by atoms with E-state index in [0.717, 1.165) is 12.8 Å². The second-order valence-corrected chi connectivity index (χ2v) is 6.33. The summed E-state index contributed by atoms with van der Waals surface area (Å²) in [5, 5.41) is 5.61. The third kappa shape index (κ3) is 3.70. The molecule has 0 aromatic rings. The molecule has 0 bridgehead atoms. The van der Waals surface area contributed by atoms with Crippen LogP contribution in [0.25, 0.3) is 0 Å². The van der Waals surface area contributed by atoms with Crippen LogP contribution in [-0.4, -0.2) is 61.5 Å². The maximum absolute atomic E-state index is 12.2. The molecule has 3 rings (SSSR count). The molecule has 1 saturated carbocycles. The fourth-order valence-corrected chi connectivity index (χ4v) is 3.45. The summed E-state index contributed by atoms with van der Waals surface area (Å²) < 4.78 is 11.2. The van der Waals surface area contributed by atoms with Crippen LogP contribution >= 0.6 is 0 Å². The molecule has 124 valence electrons. The third-order valence-corrected chi connectivity index (χ3v) is 4.70. The summed E-state index contributed by atoms with van der Waals surface area (Å²) in [7, 11) is 0. The average molecular weight is 311 g/mol. The van der Waals surface area contributed by atoms with Gasteiger partial charge in [0.25, 0.3) is 0 Å². The molecule has 0 aromatic carbocycles. The summed E-state index contributed by atoms with van der Waals surface area (Å²) in [4.78, 5) is 25.7. The van der Waals surface area contributed by atoms with Gasteiger partial charge in [-0.15, -0.1) is 0 Å². The van der Waals surface area contributed by atoms with Crippen LogP contribution in [0.15, 0.2) is 0 Å². The summed E-state index contributed by atoms with van der Waals surface area (Å²) >= 11 is 0. The smallest absolute Gasteiger partial charge is 0.315 e. The Kier molecular flexibility index (Phi) is 4.83. The van der Waals surface area contributed by atoms with Crippen molar-refractivity contribution in [1.82, 2.24) is 15.5 Å². The van der Waals surface area contributed by atoms with Crippen molar-refractivity contribution >= 4 is 11.9 Å². The second kappa shape index (κ2) is 6.83. The first kappa shape index (κ1) is 15.6. The first-order valence-electron chi connectivity index (χ1n) is 8.27. The molecular weight excluding hydrogens is 286 g/mol. The summed E-state index contributed by atoms with van der Waals surface area (Å²) in [6.07, 6.45) is 6.35. The molecule has 0 atom stereocenters. The molecule has 0 unspecified atom stereocenters. The molecule has 0 aromatic heterocycles. The van der Waals surface area contributed by atoms with Crippen LogP contribution in [0.1, 0.15) is 38.5 Å². The first-order chi connectivity index (χ1) is 10.7. The fourth-order valence-electron chi connectivity index (χ4n) is 3.45. The number of nitrogens with zero attached hydrogens (tertiary/aromatic N) is 1. The number of hydrogen-bond donors (Lipinski definition) is 2. The number of nitrogens with one attached hydrogen (secondary N) is 2. The van der Waals surface area contributed by atoms with Gasteiger partial charge in [-0.05, 0) is 12.8 Å². The van der Waals surface area contributed by atoms with Gasteiger partial charge in [0.1, 0.15) is 0 Å². The van der Waals surface area contributed by atoms with Gasteiger partial charge in [-0.2, -0.15) is 0 Å². The van der Waals surface area contributed by atoms with Crippen LogP contribution in [0.3, 0.4) is 0 Å². The molecule has 2 saturated heterocycles. The zero-order valence-electron chi connectivity index (χ0n) is 12.9. The Labute approximate surface area is 130 Å². The van der Waals surface area contributed by atoms with Crippen LogP contribution in [0.2, 0.25) is 0 Å². The highest BCUT2D eigenvalue weighted by Crippen LogP contribution is 2.30. The Bertz CT molecular complexity index is 417. The Morgan fingerprint density at radius 3 is 2.59 bits per heavy atom. The predicted octanol–water partition coefficient (Wildman–Crippen LogP) is 0.594. The Morgan fingerprint density at radius 1 is 1.14 bits per heavy atom. The lowest BCUT2D eigenvalue weighted by Gasteiger charge is -2.24. The van der Waals surface area contributed by atoms with Crippen molar-refractivity contribution in [2.75, 3.05) is 32.8 Å². The molecule has 3 amide bonds. The van der Waals surface area contributed by atoms with Gasteiger partial charge in [0, 0.05) is 19.0 Å². The third-order valence-electron chi connectivity index (χ3n) is 4.70. The first-order valence-corrected chi connectivity index (χ1v) is 8.27. The van der Waals surface area contributed by atoms with E-state index in [1.54, 1.807) is 4.90 Å². The number of urea groups is 1. The van der Waals surface area contributed by atoms with Gasteiger partial charge < -0.3 is 25.0 Å². The van der Waals surface area contributed by atoms with Gasteiger partial charge in [-0.1, -0.05) is 19.3 Å². The number of rotatable bonds is 3. The molecule has 2 heterocycles. The predicted molar refractivity (Wildman–Crippen MR) is 79.2 cm³/mol. The fraction of sp³-hybridized carbons (Fsp3) is 0.867. The van der Waals surface area contributed by atoms with Crippen molar-refractivity contribution in [3.8, 4) is 0 Å². The highest BCUT2D eigenvalue weighted by molar-refractivity contribution is 5.84. The molecule has 7 nitrogen and oxygen atoms in total. The SMILES string of the molecule is O=C(NCC(=O)N1CCC2(C1)OCCO2)NC1CCCCC1. The quantitative estimate of drug-likeness (QED) is 0.799. The normalized spacial score (nSPS) is 24.6. The average Bonchev–Trinajstić information content (AvgIpc) is 3.16. The van der Waals surface area contributed by atoms with Crippen molar-refractivity contribution in [2.45, 2.75) is 50.4 Å². The van der Waals surface area contributed by atoms with Crippen LogP contribution in [0.4, 0.5) is 4.79 Å². The minimum Gasteiger partial charge on any atom is -0.346 e. The monoisotopic (exact) mass is 311 g/mol. The van der Waals surface area contributed by atoms with Gasteiger partial charge in [0.05, 0.1) is 26.3 Å². The van der Waals surface area contributed by atoms with Crippen molar-refractivity contribution in [2.24, 2.45) is 0 Å². The number of ether oxygens (including phenoxy) is 2. The minimum absolute atomic E-state index is 0.0225. The lowest BCUT2D eigenvalue weighted by atomic mass is 9.96. The maximum atomic E-state index is 12.2. The molecule has 2 aliphatic heterocycles. The standard InChI is InChI=1S/C15H25N3O4/c19-13(18-7-6-15(11-18)21-8-9-22-15)10-16-14(20)17-12-4-2-1-3-5-12/h12H,1-11H2,(H2,16,17,20). The van der Waals surface area contributed by atoms with Crippen molar-refractivity contribution < 1.29 is 19.1 Å². The molecule has 1 aliphatic carbocycles. The molecule has 1 spiro atoms. The Balaban J connectivity index is 1.38. The van der Waals surface area contributed by atoms with E-state index in [9.17, 15) is 9.59 Å². The van der Waals surface area contributed by atoms with E-state index in [1.165, 1.54) is 19.3 Å². The van der Waals surface area contributed by atoms with Crippen LogP contribution in [0.5, 0.6) is 0 Å². The summed E-state index contributed by atoms with van der Waals surface area (Å²) in [5.74, 6) is -0.685. The Hall–Kier alpha value is -1.34. The van der Waals surface area contributed by atoms with Gasteiger partial charge in [-0.25, -0.2) is 4.79 Å². The van der Waals surface area contributed by atoms with E-state index in [2.05, 4.69) is 10.6 Å². The number of amides is 3. The van der Waals surface area contributed by atoms with Crippen molar-refractivity contribution in [1.29, 1.82) is 0 Å². The van der Waals surface area contributed by atoms with E-state index in [4.69, 9.17) is 9.47 Å². The van der Waals surface area contributed by atoms with E-state index < -0.39 is 5.79 Å². The number of hydrogen-bond acceptors (Lipinski definition) is 4. The zero-order chi connectivity index (χ0) is 15.4. The lowest BCUT2D eigenvalue weighted by molar-refractivity contribution is -0.152. The van der Waals surface area contributed by atoms with Gasteiger partial charge >= 0.3 is 6.03 Å². The van der Waals surface area contributed by atoms with Gasteiger partial charge in [0.2, 0.25) is 5.91 Å². The molecule has 2 N–H and O–H groups in total. The van der Waals surface area contributed by atoms with E-state index in [-0.39, 0.29) is 24.5 Å². The summed E-state index contributed by atoms with van der Waals surface area (Å²) in [5.41, 5.74) is 0. The highest BCUT2D eigenvalue weighted by Gasteiger charge is 2.44. The van der Waals surface area contributed by atoms with Crippen LogP contribution in [0, 0.1) is 0 Å². The minimum atomic E-state index is -0.597. The van der Waals surface area contributed by atoms with E-state index >= 15 is 0 Å². The number of carbonyl (C=O) groups is 2. The summed E-state index contributed by atoms with van der Waals surface area (Å²) in [6, 6.07) is 0.00160. The Morgan fingerprint density at radius 2 is 1.86 bits per heavy atom. The lowest BCUT2D eigenvalue weighted by Crippen LogP contribution is -2.47. The van der Waals surface area contributed by atoms with E-state index in [1.807, 2.05) is 0 Å². The highest BCUT2D eigenvalue weighted by atomic mass is 16.7. The van der Waals surface area contributed by atoms with Crippen molar-refractivity contribution in [3.63, 3.8) is 0 Å². The largest absolute Gasteiger partial charge is 0.346 e. The van der Waals surface area contributed by atoms with Gasteiger partial charge in [0.15, 0.2) is 5.79 Å². The second-order valence-electron chi connectivity index (χ2n) is 6.33. The number of likely N-dealkylation sites (tertiary alicyclic amines) is 1. The van der Waals surface area contributed by atoms with E-state index in [0.29, 0.717) is 32.7 Å². The molecular formula is C15H25N3O4. The molecule has 0 radical (unpaired) electrons. The molecule has 3 fully saturated rings. The topological polar surface area (TPSA) is 79.9 Å². The maximum Gasteiger partial charge on any atom is 0.315 e. The molecule has 3 aliphatic rings. The zero-order valence-corrected chi connectivity index (χ0v) is 12.9. The van der Waals surface area contributed by atoms with Crippen molar-refractivity contribution in [3.05, 3.63) is 0 Å². The summed E-state index contributed by atoms with van der Waals surface area (Å²) in [6.45, 7) is 2.27.